The second kappa shape index (κ2) is 8.91. The lowest BCUT2D eigenvalue weighted by atomic mass is 9.89. The van der Waals surface area contributed by atoms with E-state index < -0.39 is 53.7 Å². The molecule has 3 nitrogen and oxygen atoms in total. The zero-order valence-electron chi connectivity index (χ0n) is 16.5. The number of alkyl halides is 13. The molecule has 0 aliphatic carbocycles. The van der Waals surface area contributed by atoms with Gasteiger partial charge >= 0.3 is 35.8 Å². The van der Waals surface area contributed by atoms with Crippen molar-refractivity contribution in [2.45, 2.75) is 67.4 Å². The number of ether oxygens (including phenoxy) is 2. The Hall–Kier alpha value is -1.97. The lowest BCUT2D eigenvalue weighted by Crippen LogP contribution is -2.70. The Labute approximate surface area is 182 Å². The maximum Gasteiger partial charge on any atom is 0.460 e. The molecule has 196 valence electrons. The zero-order chi connectivity index (χ0) is 26.4. The van der Waals surface area contributed by atoms with Crippen molar-refractivity contribution in [2.24, 2.45) is 0 Å². The van der Waals surface area contributed by atoms with Crippen molar-refractivity contribution in [1.82, 2.24) is 0 Å². The Balaban J connectivity index is 2.33. The van der Waals surface area contributed by atoms with E-state index in [2.05, 4.69) is 0 Å². The van der Waals surface area contributed by atoms with Crippen LogP contribution in [0.25, 0.3) is 0 Å². The summed E-state index contributed by atoms with van der Waals surface area (Å²) in [6, 6.07) is 2.45. The van der Waals surface area contributed by atoms with Crippen molar-refractivity contribution < 1.29 is 71.7 Å². The fraction of sp³-hybridized carbons (Fsp3) is 0.667. The van der Waals surface area contributed by atoms with Crippen LogP contribution in [0.1, 0.15) is 30.9 Å². The van der Waals surface area contributed by atoms with Gasteiger partial charge in [0.1, 0.15) is 11.9 Å². The maximum atomic E-state index is 14.1. The van der Waals surface area contributed by atoms with Crippen molar-refractivity contribution in [3.63, 3.8) is 0 Å². The van der Waals surface area contributed by atoms with E-state index in [9.17, 15) is 62.2 Å². The first-order valence-electron chi connectivity index (χ1n) is 9.24. The van der Waals surface area contributed by atoms with Gasteiger partial charge in [-0.3, -0.25) is 0 Å². The van der Waals surface area contributed by atoms with Gasteiger partial charge in [0.05, 0.1) is 6.61 Å². The molecule has 0 saturated carbocycles. The summed E-state index contributed by atoms with van der Waals surface area (Å²) >= 11 is 0. The average molecular weight is 526 g/mol. The van der Waals surface area contributed by atoms with Gasteiger partial charge < -0.3 is 14.6 Å². The van der Waals surface area contributed by atoms with Crippen LogP contribution in [0.4, 0.5) is 57.1 Å². The number of halogens is 13. The molecule has 0 amide bonds. The second-order valence-corrected chi connectivity index (χ2v) is 7.30. The van der Waals surface area contributed by atoms with E-state index in [0.29, 0.717) is 31.6 Å². The van der Waals surface area contributed by atoms with Crippen LogP contribution < -0.4 is 4.74 Å². The highest BCUT2D eigenvalue weighted by atomic mass is 19.4. The lowest BCUT2D eigenvalue weighted by molar-refractivity contribution is -0.444. The van der Waals surface area contributed by atoms with Crippen molar-refractivity contribution in [3.8, 4) is 5.75 Å². The first-order chi connectivity index (χ1) is 15.2. The fourth-order valence-corrected chi connectivity index (χ4v) is 2.85. The largest absolute Gasteiger partial charge is 0.465 e. The number of rotatable bonds is 8. The van der Waals surface area contributed by atoms with E-state index in [0.717, 1.165) is 18.6 Å². The Morgan fingerprint density at radius 1 is 0.735 bits per heavy atom. The molecule has 0 radical (unpaired) electrons. The summed E-state index contributed by atoms with van der Waals surface area (Å²) in [5.41, 5.74) is -1.29. The first kappa shape index (κ1) is 28.3. The fourth-order valence-electron chi connectivity index (χ4n) is 2.85. The van der Waals surface area contributed by atoms with Crippen LogP contribution in [0.2, 0.25) is 0 Å². The number of aliphatic hydroxyl groups excluding tert-OH is 1. The average Bonchev–Trinajstić information content (AvgIpc) is 2.73. The van der Waals surface area contributed by atoms with Gasteiger partial charge in [-0.25, -0.2) is 0 Å². The van der Waals surface area contributed by atoms with Gasteiger partial charge in [0.25, 0.3) is 0 Å². The summed E-state index contributed by atoms with van der Waals surface area (Å²) in [6.45, 7) is 0.328. The summed E-state index contributed by atoms with van der Waals surface area (Å²) in [4.78, 5) is 0. The van der Waals surface area contributed by atoms with Crippen LogP contribution >= 0.6 is 0 Å². The van der Waals surface area contributed by atoms with Gasteiger partial charge in [0.15, 0.2) is 6.29 Å². The first-order valence-corrected chi connectivity index (χ1v) is 9.24. The Kier molecular flexibility index (Phi) is 7.41. The monoisotopic (exact) mass is 526 g/mol. The molecule has 2 rings (SSSR count). The van der Waals surface area contributed by atoms with E-state index in [1.54, 1.807) is 0 Å². The van der Waals surface area contributed by atoms with E-state index in [1.165, 1.54) is 0 Å². The SMILES string of the molecule is OC(c1ccc(OC2CCCCO2)cc1)C(F)(F)C(F)(F)C(F)(F)C(F)(F)C(F)(F)C(F)(F)F. The molecule has 1 fully saturated rings. The topological polar surface area (TPSA) is 38.7 Å². The predicted molar refractivity (Wildman–Crippen MR) is 86.4 cm³/mol. The minimum absolute atomic E-state index is 0.125. The molecule has 16 heteroatoms. The van der Waals surface area contributed by atoms with Crippen molar-refractivity contribution in [1.29, 1.82) is 0 Å². The second-order valence-electron chi connectivity index (χ2n) is 7.30. The molecule has 34 heavy (non-hydrogen) atoms. The number of hydrogen-bond acceptors (Lipinski definition) is 3. The predicted octanol–water partition coefficient (Wildman–Crippen LogP) is 6.36. The van der Waals surface area contributed by atoms with E-state index >= 15 is 0 Å². The maximum absolute atomic E-state index is 14.1. The number of hydrogen-bond donors (Lipinski definition) is 1. The van der Waals surface area contributed by atoms with Crippen LogP contribution in [0.5, 0.6) is 5.75 Å². The highest BCUT2D eigenvalue weighted by Gasteiger charge is 2.91. The highest BCUT2D eigenvalue weighted by Crippen LogP contribution is 2.61. The summed E-state index contributed by atoms with van der Waals surface area (Å²) in [5, 5.41) is 9.50. The minimum atomic E-state index is -8.03. The molecule has 0 aromatic heterocycles. The van der Waals surface area contributed by atoms with E-state index in [1.807, 2.05) is 0 Å². The molecule has 1 N–H and O–H groups in total. The molecule has 1 aliphatic rings. The Morgan fingerprint density at radius 2 is 1.24 bits per heavy atom. The van der Waals surface area contributed by atoms with Crippen molar-refractivity contribution in [3.05, 3.63) is 29.8 Å². The number of benzene rings is 1. The van der Waals surface area contributed by atoms with Crippen LogP contribution in [0.3, 0.4) is 0 Å². The minimum Gasteiger partial charge on any atom is -0.465 e. The standard InChI is InChI=1S/C18H15F13O3/c19-13(20,14(21,22)15(23,24)16(25,26)17(27,28)18(29,30)31)12(32)9-4-6-10(7-5-9)34-11-3-1-2-8-33-11/h4-7,11-12,32H,1-3,8H2. The molecule has 0 bridgehead atoms. The van der Waals surface area contributed by atoms with Gasteiger partial charge in [-0.2, -0.15) is 57.1 Å². The molecule has 1 aliphatic heterocycles. The van der Waals surface area contributed by atoms with E-state index in [4.69, 9.17) is 9.47 Å². The van der Waals surface area contributed by atoms with Gasteiger partial charge in [-0.05, 0) is 30.5 Å². The van der Waals surface area contributed by atoms with Gasteiger partial charge in [-0.1, -0.05) is 12.1 Å². The Morgan fingerprint density at radius 3 is 1.68 bits per heavy atom. The summed E-state index contributed by atoms with van der Waals surface area (Å²) in [5.74, 6) is -38.2. The molecular formula is C18H15F13O3. The van der Waals surface area contributed by atoms with Crippen molar-refractivity contribution in [2.75, 3.05) is 6.61 Å². The molecule has 2 unspecified atom stereocenters. The number of aliphatic hydroxyl groups is 1. The lowest BCUT2D eigenvalue weighted by Gasteiger charge is -2.40. The molecule has 2 atom stereocenters. The van der Waals surface area contributed by atoms with Gasteiger partial charge in [-0.15, -0.1) is 0 Å². The molecule has 1 heterocycles. The normalized spacial score (nSPS) is 20.2. The van der Waals surface area contributed by atoms with Crippen LogP contribution in [0, 0.1) is 0 Å². The van der Waals surface area contributed by atoms with Crippen molar-refractivity contribution >= 4 is 0 Å². The summed E-state index contributed by atoms with van der Waals surface area (Å²) in [7, 11) is 0. The third-order valence-electron chi connectivity index (χ3n) is 4.90. The summed E-state index contributed by atoms with van der Waals surface area (Å²) < 4.78 is 182. The molecule has 1 aromatic carbocycles. The molecule has 1 saturated heterocycles. The molecule has 1 aromatic rings. The smallest absolute Gasteiger partial charge is 0.460 e. The van der Waals surface area contributed by atoms with Crippen LogP contribution in [-0.2, 0) is 4.74 Å². The quantitative estimate of drug-likeness (QED) is 0.401. The third kappa shape index (κ3) is 4.50. The molecule has 0 spiro atoms. The van der Waals surface area contributed by atoms with Crippen LogP contribution in [-0.4, -0.2) is 53.8 Å². The van der Waals surface area contributed by atoms with Crippen LogP contribution in [0.15, 0.2) is 24.3 Å². The molecular weight excluding hydrogens is 511 g/mol. The van der Waals surface area contributed by atoms with Gasteiger partial charge in [0.2, 0.25) is 0 Å². The van der Waals surface area contributed by atoms with E-state index in [-0.39, 0.29) is 5.75 Å². The Bertz CT molecular complexity index is 830. The highest BCUT2D eigenvalue weighted by molar-refractivity contribution is 5.30. The zero-order valence-corrected chi connectivity index (χ0v) is 16.5. The summed E-state index contributed by atoms with van der Waals surface area (Å²) in [6.07, 6.45) is -10.4. The third-order valence-corrected chi connectivity index (χ3v) is 4.90. The van der Waals surface area contributed by atoms with Gasteiger partial charge in [0, 0.05) is 6.42 Å².